The predicted molar refractivity (Wildman–Crippen MR) is 100 cm³/mol. The highest BCUT2D eigenvalue weighted by molar-refractivity contribution is 5.85. The molecule has 134 valence electrons. The lowest BCUT2D eigenvalue weighted by atomic mass is 9.87. The number of benzene rings is 2. The van der Waals surface area contributed by atoms with Crippen LogP contribution in [0.4, 0.5) is 0 Å². The molecule has 2 aliphatic heterocycles. The number of ether oxygens (including phenoxy) is 3. The van der Waals surface area contributed by atoms with Crippen LogP contribution in [0.2, 0.25) is 0 Å². The number of likely N-dealkylation sites (N-methyl/N-ethyl adjacent to an activating group) is 1. The number of aromatic nitrogens is 1. The Hall–Kier alpha value is -2.66. The summed E-state index contributed by atoms with van der Waals surface area (Å²) in [5, 5.41) is 1.26. The average Bonchev–Trinajstić information content (AvgIpc) is 3.26. The number of methoxy groups -OCH3 is 1. The molecule has 3 heterocycles. The summed E-state index contributed by atoms with van der Waals surface area (Å²) in [5.41, 5.74) is 6.15. The number of nitrogens with one attached hydrogen (secondary N) is 1. The first-order chi connectivity index (χ1) is 12.7. The molecule has 0 bridgehead atoms. The maximum Gasteiger partial charge on any atom is 0.231 e. The number of hydrogen-bond acceptors (Lipinski definition) is 4. The van der Waals surface area contributed by atoms with Gasteiger partial charge in [-0.3, -0.25) is 4.90 Å². The molecule has 5 rings (SSSR count). The third-order valence-corrected chi connectivity index (χ3v) is 5.56. The van der Waals surface area contributed by atoms with Crippen LogP contribution in [0.5, 0.6) is 17.2 Å². The third kappa shape index (κ3) is 2.13. The SMILES string of the molecule is COc1c2c(cc3c1[C@H](c1c[nH]c4ccc(C)cc14)N(C)CC3)OCO2. The van der Waals surface area contributed by atoms with Crippen LogP contribution in [0.3, 0.4) is 0 Å². The second kappa shape index (κ2) is 5.68. The lowest BCUT2D eigenvalue weighted by Crippen LogP contribution is -2.33. The van der Waals surface area contributed by atoms with E-state index in [0.29, 0.717) is 0 Å². The van der Waals surface area contributed by atoms with E-state index in [1.807, 2.05) is 0 Å². The minimum Gasteiger partial charge on any atom is -0.492 e. The van der Waals surface area contributed by atoms with Crippen molar-refractivity contribution < 1.29 is 14.2 Å². The smallest absolute Gasteiger partial charge is 0.231 e. The second-order valence-corrected chi connectivity index (χ2v) is 7.14. The molecule has 0 amide bonds. The summed E-state index contributed by atoms with van der Waals surface area (Å²) < 4.78 is 17.2. The molecule has 5 nitrogen and oxygen atoms in total. The highest BCUT2D eigenvalue weighted by Crippen LogP contribution is 2.51. The summed E-state index contributed by atoms with van der Waals surface area (Å²) in [6.07, 6.45) is 3.10. The number of nitrogens with zero attached hydrogens (tertiary/aromatic N) is 1. The largest absolute Gasteiger partial charge is 0.492 e. The zero-order chi connectivity index (χ0) is 17.8. The van der Waals surface area contributed by atoms with Crippen molar-refractivity contribution in [2.24, 2.45) is 0 Å². The van der Waals surface area contributed by atoms with E-state index in [9.17, 15) is 0 Å². The fourth-order valence-corrected chi connectivity index (χ4v) is 4.31. The fourth-order valence-electron chi connectivity index (χ4n) is 4.31. The number of aryl methyl sites for hydroxylation is 1. The lowest BCUT2D eigenvalue weighted by molar-refractivity contribution is 0.171. The first kappa shape index (κ1) is 15.6. The number of aromatic amines is 1. The Kier molecular flexibility index (Phi) is 3.40. The summed E-state index contributed by atoms with van der Waals surface area (Å²) in [6, 6.07) is 8.77. The maximum absolute atomic E-state index is 5.83. The van der Waals surface area contributed by atoms with E-state index in [1.54, 1.807) is 7.11 Å². The van der Waals surface area contributed by atoms with E-state index >= 15 is 0 Å². The van der Waals surface area contributed by atoms with Gasteiger partial charge in [0.1, 0.15) is 0 Å². The summed E-state index contributed by atoms with van der Waals surface area (Å²) in [7, 11) is 3.88. The normalized spacial score (nSPS) is 19.0. The van der Waals surface area contributed by atoms with Crippen LogP contribution in [0.25, 0.3) is 10.9 Å². The van der Waals surface area contributed by atoms with Crippen LogP contribution in [0.15, 0.2) is 30.5 Å². The van der Waals surface area contributed by atoms with E-state index in [1.165, 1.54) is 27.6 Å². The van der Waals surface area contributed by atoms with Gasteiger partial charge in [0.25, 0.3) is 0 Å². The topological polar surface area (TPSA) is 46.7 Å². The minimum absolute atomic E-state index is 0.110. The Morgan fingerprint density at radius 3 is 2.96 bits per heavy atom. The average molecular weight is 350 g/mol. The first-order valence-electron chi connectivity index (χ1n) is 8.94. The first-order valence-corrected chi connectivity index (χ1v) is 8.94. The molecular weight excluding hydrogens is 328 g/mol. The van der Waals surface area contributed by atoms with Crippen LogP contribution in [0.1, 0.15) is 28.3 Å². The van der Waals surface area contributed by atoms with Crippen molar-refractivity contribution >= 4 is 10.9 Å². The molecule has 0 unspecified atom stereocenters. The molecule has 0 saturated carbocycles. The lowest BCUT2D eigenvalue weighted by Gasteiger charge is -2.35. The summed E-state index contributed by atoms with van der Waals surface area (Å²) in [5.74, 6) is 2.31. The van der Waals surface area contributed by atoms with Crippen LogP contribution in [-0.4, -0.2) is 37.4 Å². The zero-order valence-corrected chi connectivity index (χ0v) is 15.3. The van der Waals surface area contributed by atoms with Crippen molar-refractivity contribution in [2.45, 2.75) is 19.4 Å². The Balaban J connectivity index is 1.77. The van der Waals surface area contributed by atoms with E-state index in [-0.39, 0.29) is 12.8 Å². The van der Waals surface area contributed by atoms with Gasteiger partial charge in [0.15, 0.2) is 11.5 Å². The van der Waals surface area contributed by atoms with E-state index in [0.717, 1.165) is 35.7 Å². The molecular formula is C21H22N2O3. The Morgan fingerprint density at radius 2 is 2.12 bits per heavy atom. The van der Waals surface area contributed by atoms with Crippen LogP contribution >= 0.6 is 0 Å². The van der Waals surface area contributed by atoms with Crippen molar-refractivity contribution in [3.8, 4) is 17.2 Å². The van der Waals surface area contributed by atoms with E-state index < -0.39 is 0 Å². The molecule has 0 aliphatic carbocycles. The van der Waals surface area contributed by atoms with Gasteiger partial charge in [-0.1, -0.05) is 11.6 Å². The monoisotopic (exact) mass is 350 g/mol. The summed E-state index contributed by atoms with van der Waals surface area (Å²) >= 11 is 0. The van der Waals surface area contributed by atoms with Crippen molar-refractivity contribution in [1.82, 2.24) is 9.88 Å². The summed E-state index contributed by atoms with van der Waals surface area (Å²) in [6.45, 7) is 3.37. The quantitative estimate of drug-likeness (QED) is 0.764. The third-order valence-electron chi connectivity index (χ3n) is 5.56. The van der Waals surface area contributed by atoms with E-state index in [4.69, 9.17) is 14.2 Å². The molecule has 26 heavy (non-hydrogen) atoms. The van der Waals surface area contributed by atoms with Crippen LogP contribution in [0, 0.1) is 6.92 Å². The molecule has 1 aromatic heterocycles. The number of rotatable bonds is 2. The van der Waals surface area contributed by atoms with Gasteiger partial charge in [0, 0.05) is 29.2 Å². The van der Waals surface area contributed by atoms with Crippen molar-refractivity contribution in [3.63, 3.8) is 0 Å². The molecule has 1 N–H and O–H groups in total. The Labute approximate surface area is 152 Å². The molecule has 2 aliphatic rings. The molecule has 3 aromatic rings. The van der Waals surface area contributed by atoms with Gasteiger partial charge in [0.2, 0.25) is 12.5 Å². The minimum atomic E-state index is 0.110. The molecule has 2 aromatic carbocycles. The van der Waals surface area contributed by atoms with Gasteiger partial charge in [0.05, 0.1) is 13.2 Å². The second-order valence-electron chi connectivity index (χ2n) is 7.14. The molecule has 1 atom stereocenters. The predicted octanol–water partition coefficient (Wildman–Crippen LogP) is 3.79. The highest BCUT2D eigenvalue weighted by Gasteiger charge is 2.35. The fraction of sp³-hybridized carbons (Fsp3) is 0.333. The molecule has 0 radical (unpaired) electrons. The van der Waals surface area contributed by atoms with Crippen molar-refractivity contribution in [3.05, 3.63) is 52.7 Å². The van der Waals surface area contributed by atoms with Crippen molar-refractivity contribution in [1.29, 1.82) is 0 Å². The maximum atomic E-state index is 5.83. The molecule has 5 heteroatoms. The van der Waals surface area contributed by atoms with Crippen molar-refractivity contribution in [2.75, 3.05) is 27.5 Å². The molecule has 0 fully saturated rings. The van der Waals surface area contributed by atoms with Gasteiger partial charge < -0.3 is 19.2 Å². The van der Waals surface area contributed by atoms with Gasteiger partial charge in [-0.15, -0.1) is 0 Å². The molecule has 0 saturated heterocycles. The van der Waals surface area contributed by atoms with Gasteiger partial charge in [-0.05, 0) is 49.7 Å². The zero-order valence-electron chi connectivity index (χ0n) is 15.3. The Morgan fingerprint density at radius 1 is 1.23 bits per heavy atom. The summed E-state index contributed by atoms with van der Waals surface area (Å²) in [4.78, 5) is 5.82. The number of hydrogen-bond donors (Lipinski definition) is 1. The van der Waals surface area contributed by atoms with Gasteiger partial charge >= 0.3 is 0 Å². The van der Waals surface area contributed by atoms with E-state index in [2.05, 4.69) is 54.3 Å². The standard InChI is InChI=1S/C21H22N2O3/c1-12-4-5-16-14(8-12)15(10-22-16)19-18-13(6-7-23(19)2)9-17-20(21(18)24-3)26-11-25-17/h4-5,8-10,19,22H,6-7,11H2,1-3H3/t19-/m0/s1. The van der Waals surface area contributed by atoms with Gasteiger partial charge in [-0.25, -0.2) is 0 Å². The Bertz CT molecular complexity index is 1010. The number of H-pyrrole nitrogens is 1. The number of fused-ring (bicyclic) bond motifs is 3. The van der Waals surface area contributed by atoms with Crippen LogP contribution in [-0.2, 0) is 6.42 Å². The molecule has 0 spiro atoms. The highest BCUT2D eigenvalue weighted by atomic mass is 16.7. The van der Waals surface area contributed by atoms with Crippen LogP contribution < -0.4 is 14.2 Å². The van der Waals surface area contributed by atoms with Gasteiger partial charge in [-0.2, -0.15) is 0 Å².